The first kappa shape index (κ1) is 32.9. The van der Waals surface area contributed by atoms with E-state index in [-0.39, 0.29) is 5.82 Å². The molecule has 0 unspecified atom stereocenters. The molecule has 244 valence electrons. The number of rotatable bonds is 11. The lowest BCUT2D eigenvalue weighted by atomic mass is 10.3. The summed E-state index contributed by atoms with van der Waals surface area (Å²) in [4.78, 5) is 18.9. The van der Waals surface area contributed by atoms with Crippen LogP contribution in [0.15, 0.2) is 122 Å². The molecular formula is C36H34FN7O4. The van der Waals surface area contributed by atoms with Crippen LogP contribution in [0, 0.1) is 5.82 Å². The van der Waals surface area contributed by atoms with Crippen LogP contribution in [-0.4, -0.2) is 48.3 Å². The summed E-state index contributed by atoms with van der Waals surface area (Å²) in [7, 11) is 7.22. The molecule has 48 heavy (non-hydrogen) atoms. The summed E-state index contributed by atoms with van der Waals surface area (Å²) in [5.74, 6) is 4.42. The fraction of sp³-hybridized carbons (Fsp3) is 0.111. The number of ether oxygens (including phenoxy) is 4. The molecule has 0 radical (unpaired) electrons. The largest absolute Gasteiger partial charge is 0.497 e. The number of hydrogen-bond donors (Lipinski definition) is 2. The highest BCUT2D eigenvalue weighted by Gasteiger charge is 2.05. The molecule has 0 atom stereocenters. The Balaban J connectivity index is 0.000000188. The minimum Gasteiger partial charge on any atom is -0.497 e. The van der Waals surface area contributed by atoms with Gasteiger partial charge in [-0.15, -0.1) is 0 Å². The van der Waals surface area contributed by atoms with Gasteiger partial charge in [-0.1, -0.05) is 18.2 Å². The predicted octanol–water partition coefficient (Wildman–Crippen LogP) is 8.25. The molecule has 0 aliphatic heterocycles. The molecule has 2 N–H and O–H groups in total. The van der Waals surface area contributed by atoms with Crippen molar-refractivity contribution >= 4 is 29.0 Å². The van der Waals surface area contributed by atoms with Gasteiger partial charge in [-0.25, -0.2) is 24.3 Å². The lowest BCUT2D eigenvalue weighted by Gasteiger charge is -2.13. The summed E-state index contributed by atoms with van der Waals surface area (Å²) in [5, 5.41) is 6.20. The maximum absolute atomic E-state index is 12.8. The molecule has 0 bridgehead atoms. The van der Waals surface area contributed by atoms with Crippen molar-refractivity contribution in [1.82, 2.24) is 19.9 Å². The van der Waals surface area contributed by atoms with Gasteiger partial charge in [-0.05, 0) is 60.7 Å². The first-order valence-electron chi connectivity index (χ1n) is 14.7. The van der Waals surface area contributed by atoms with Crippen molar-refractivity contribution in [2.24, 2.45) is 0 Å². The topological polar surface area (TPSA) is 116 Å². The Kier molecular flexibility index (Phi) is 11.1. The van der Waals surface area contributed by atoms with Crippen molar-refractivity contribution in [2.75, 3.05) is 43.8 Å². The minimum absolute atomic E-state index is 0.313. The van der Waals surface area contributed by atoms with Crippen LogP contribution < -0.4 is 34.5 Å². The van der Waals surface area contributed by atoms with Gasteiger partial charge in [-0.2, -0.15) is 0 Å². The molecule has 6 rings (SSSR count). The zero-order valence-electron chi connectivity index (χ0n) is 26.8. The van der Waals surface area contributed by atoms with Crippen molar-refractivity contribution < 1.29 is 23.3 Å². The van der Waals surface area contributed by atoms with Crippen LogP contribution in [0.2, 0.25) is 0 Å². The van der Waals surface area contributed by atoms with Crippen molar-refractivity contribution in [1.29, 1.82) is 0 Å². The second-order valence-electron chi connectivity index (χ2n) is 10.2. The van der Waals surface area contributed by atoms with Gasteiger partial charge in [0.25, 0.3) is 0 Å². The van der Waals surface area contributed by atoms with E-state index in [9.17, 15) is 4.39 Å². The summed E-state index contributed by atoms with van der Waals surface area (Å²) in [6.45, 7) is 0. The van der Waals surface area contributed by atoms with Crippen LogP contribution in [0.3, 0.4) is 0 Å². The Hall–Kier alpha value is -6.43. The predicted molar refractivity (Wildman–Crippen MR) is 184 cm³/mol. The fourth-order valence-corrected chi connectivity index (χ4v) is 4.13. The summed E-state index contributed by atoms with van der Waals surface area (Å²) < 4.78 is 34.5. The summed E-state index contributed by atoms with van der Waals surface area (Å²) in [6.07, 6.45) is 6.35. The Morgan fingerprint density at radius 2 is 0.979 bits per heavy atom. The number of methoxy groups -OCH3 is 2. The number of anilines is 5. The number of halogens is 1. The van der Waals surface area contributed by atoms with E-state index < -0.39 is 0 Å². The average Bonchev–Trinajstić information content (AvgIpc) is 3.11. The van der Waals surface area contributed by atoms with Crippen molar-refractivity contribution in [3.05, 3.63) is 128 Å². The first-order valence-corrected chi connectivity index (χ1v) is 14.7. The smallest absolute Gasteiger partial charge is 0.227 e. The van der Waals surface area contributed by atoms with Gasteiger partial charge in [0.15, 0.2) is 11.5 Å². The number of benzene rings is 4. The summed E-state index contributed by atoms with van der Waals surface area (Å²) in [5.41, 5.74) is 2.73. The molecule has 0 spiro atoms. The zero-order chi connectivity index (χ0) is 33.7. The van der Waals surface area contributed by atoms with Crippen molar-refractivity contribution in [3.63, 3.8) is 0 Å². The number of hydrogen-bond acceptors (Lipinski definition) is 11. The average molecular weight is 648 g/mol. The second kappa shape index (κ2) is 16.2. The fourth-order valence-electron chi connectivity index (χ4n) is 4.13. The van der Waals surface area contributed by atoms with Crippen molar-refractivity contribution in [2.45, 2.75) is 0 Å². The SMILES string of the molecule is COc1cccc(Nc2ncc(Oc3ccc(F)cc3)cn2)c1.COc1cccc(Nc2ncc(Oc3cccc(N(C)C)c3)cn2)c1. The van der Waals surface area contributed by atoms with Crippen LogP contribution in [0.4, 0.5) is 33.3 Å². The standard InChI is InChI=1S/C19H20N4O2.C17H14FN3O2/c1-23(2)15-7-5-9-17(11-15)25-18-12-20-19(21-13-18)22-14-6-4-8-16(10-14)24-3;1-22-15-4-2-3-13(9-15)21-17-19-10-16(11-20-17)23-14-7-5-12(18)6-8-14/h4-13H,1-3H3,(H,20,21,22);2-11H,1H3,(H,19,20,21). The molecule has 0 saturated heterocycles. The van der Waals surface area contributed by atoms with E-state index in [2.05, 4.69) is 30.6 Å². The third-order valence-corrected chi connectivity index (χ3v) is 6.53. The molecule has 6 aromatic rings. The molecule has 0 saturated carbocycles. The molecule has 0 aliphatic carbocycles. The van der Waals surface area contributed by atoms with Gasteiger partial charge in [0.2, 0.25) is 11.9 Å². The van der Waals surface area contributed by atoms with E-state index in [0.717, 1.165) is 34.3 Å². The molecule has 0 aliphatic rings. The third-order valence-electron chi connectivity index (χ3n) is 6.53. The number of nitrogens with one attached hydrogen (secondary N) is 2. The highest BCUT2D eigenvalue weighted by Crippen LogP contribution is 2.26. The van der Waals surface area contributed by atoms with E-state index in [1.807, 2.05) is 91.8 Å². The van der Waals surface area contributed by atoms with Gasteiger partial charge in [0.05, 0.1) is 39.0 Å². The molecule has 11 nitrogen and oxygen atoms in total. The van der Waals surface area contributed by atoms with E-state index in [1.54, 1.807) is 39.0 Å². The second-order valence-corrected chi connectivity index (χ2v) is 10.2. The van der Waals surface area contributed by atoms with Crippen LogP contribution in [0.25, 0.3) is 0 Å². The molecule has 4 aromatic carbocycles. The third kappa shape index (κ3) is 9.78. The number of aromatic nitrogens is 4. The van der Waals surface area contributed by atoms with E-state index in [1.165, 1.54) is 24.3 Å². The van der Waals surface area contributed by atoms with Crippen molar-refractivity contribution in [3.8, 4) is 34.5 Å². The van der Waals surface area contributed by atoms with Crippen LogP contribution in [-0.2, 0) is 0 Å². The van der Waals surface area contributed by atoms with Gasteiger partial charge >= 0.3 is 0 Å². The van der Waals surface area contributed by atoms with Gasteiger partial charge in [0, 0.05) is 49.4 Å². The van der Waals surface area contributed by atoms with Gasteiger partial charge in [0.1, 0.15) is 28.8 Å². The lowest BCUT2D eigenvalue weighted by Crippen LogP contribution is -2.08. The highest BCUT2D eigenvalue weighted by atomic mass is 19.1. The van der Waals surface area contributed by atoms with Crippen LogP contribution in [0.1, 0.15) is 0 Å². The van der Waals surface area contributed by atoms with E-state index in [4.69, 9.17) is 18.9 Å². The molecule has 2 heterocycles. The Morgan fingerprint density at radius 1 is 0.521 bits per heavy atom. The Bertz CT molecular complexity index is 1890. The summed E-state index contributed by atoms with van der Waals surface area (Å²) >= 11 is 0. The van der Waals surface area contributed by atoms with E-state index in [0.29, 0.717) is 29.1 Å². The monoisotopic (exact) mass is 647 g/mol. The van der Waals surface area contributed by atoms with Crippen LogP contribution in [0.5, 0.6) is 34.5 Å². The molecule has 0 amide bonds. The quantitative estimate of drug-likeness (QED) is 0.142. The maximum atomic E-state index is 12.8. The molecule has 0 fully saturated rings. The molecule has 12 heteroatoms. The Labute approximate surface area is 278 Å². The normalized spacial score (nSPS) is 10.2. The van der Waals surface area contributed by atoms with Gasteiger partial charge in [-0.3, -0.25) is 0 Å². The first-order chi connectivity index (χ1) is 23.4. The lowest BCUT2D eigenvalue weighted by molar-refractivity contribution is 0.415. The highest BCUT2D eigenvalue weighted by molar-refractivity contribution is 5.57. The van der Waals surface area contributed by atoms with E-state index >= 15 is 0 Å². The maximum Gasteiger partial charge on any atom is 0.227 e. The minimum atomic E-state index is -0.313. The zero-order valence-corrected chi connectivity index (χ0v) is 26.8. The number of nitrogens with zero attached hydrogens (tertiary/aromatic N) is 5. The molecule has 2 aromatic heterocycles. The van der Waals surface area contributed by atoms with Gasteiger partial charge < -0.3 is 34.5 Å². The summed E-state index contributed by atoms with van der Waals surface area (Å²) in [6, 6.07) is 28.6. The molecular weight excluding hydrogens is 613 g/mol. The Morgan fingerprint density at radius 3 is 1.46 bits per heavy atom. The van der Waals surface area contributed by atoms with Crippen LogP contribution >= 0.6 is 0 Å².